The number of carbonyl (C=O) groups excluding carboxylic acids is 2. The van der Waals surface area contributed by atoms with Crippen molar-refractivity contribution in [2.75, 3.05) is 0 Å². The van der Waals surface area contributed by atoms with Crippen molar-refractivity contribution in [1.82, 2.24) is 10.2 Å². The molecule has 0 aliphatic carbocycles. The molecule has 1 N–H and O–H groups in total. The lowest BCUT2D eigenvalue weighted by molar-refractivity contribution is -0.109. The molecule has 2 amide bonds. The molecule has 2 rings (SSSR count). The maximum Gasteiger partial charge on any atom is 0.259 e. The average molecular weight is 328 g/mol. The SMILES string of the molecule is C=C(NC=O)C(CCC)N1C(=C)c2c(C)cccc2C1=O.CCC. The molecule has 130 valence electrons. The summed E-state index contributed by atoms with van der Waals surface area (Å²) in [5.41, 5.74) is 3.78. The van der Waals surface area contributed by atoms with Crippen molar-refractivity contribution in [3.8, 4) is 0 Å². The first-order valence-electron chi connectivity index (χ1n) is 8.45. The molecule has 0 aromatic heterocycles. The summed E-state index contributed by atoms with van der Waals surface area (Å²) in [7, 11) is 0. The Morgan fingerprint density at radius 1 is 1.33 bits per heavy atom. The lowest BCUT2D eigenvalue weighted by Gasteiger charge is -2.30. The highest BCUT2D eigenvalue weighted by Gasteiger charge is 2.37. The van der Waals surface area contributed by atoms with Gasteiger partial charge in [0, 0.05) is 22.5 Å². The van der Waals surface area contributed by atoms with Crippen LogP contribution in [-0.4, -0.2) is 23.3 Å². The standard InChI is InChI=1S/C17H20N2O2.C3H8/c1-5-7-15(12(3)18-10-20)19-13(4)16-11(2)8-6-9-14(16)17(19)21;1-3-2/h6,8-10,15H,3-5,7H2,1-2H3,(H,18,20);3H2,1-2H3. The normalized spacial score (nSPS) is 13.8. The van der Waals surface area contributed by atoms with E-state index in [1.54, 1.807) is 4.90 Å². The predicted molar refractivity (Wildman–Crippen MR) is 99.4 cm³/mol. The molecular weight excluding hydrogens is 300 g/mol. The summed E-state index contributed by atoms with van der Waals surface area (Å²) in [4.78, 5) is 25.0. The zero-order valence-electron chi connectivity index (χ0n) is 15.2. The first-order chi connectivity index (χ1) is 11.4. The Balaban J connectivity index is 0.000000891. The summed E-state index contributed by atoms with van der Waals surface area (Å²) in [5.74, 6) is -0.0778. The van der Waals surface area contributed by atoms with Crippen LogP contribution >= 0.6 is 0 Å². The number of nitrogens with one attached hydrogen (secondary N) is 1. The minimum Gasteiger partial charge on any atom is -0.331 e. The van der Waals surface area contributed by atoms with Gasteiger partial charge in [-0.2, -0.15) is 0 Å². The van der Waals surface area contributed by atoms with E-state index in [2.05, 4.69) is 32.3 Å². The van der Waals surface area contributed by atoms with Crippen molar-refractivity contribution >= 4 is 18.0 Å². The lowest BCUT2D eigenvalue weighted by Crippen LogP contribution is -2.39. The number of rotatable bonds is 6. The van der Waals surface area contributed by atoms with Gasteiger partial charge < -0.3 is 5.32 Å². The van der Waals surface area contributed by atoms with Crippen LogP contribution in [-0.2, 0) is 4.79 Å². The van der Waals surface area contributed by atoms with E-state index in [1.165, 1.54) is 6.42 Å². The van der Waals surface area contributed by atoms with Gasteiger partial charge in [0.25, 0.3) is 5.91 Å². The molecule has 1 unspecified atom stereocenters. The van der Waals surface area contributed by atoms with Gasteiger partial charge >= 0.3 is 0 Å². The van der Waals surface area contributed by atoms with Gasteiger partial charge in [0.15, 0.2) is 0 Å². The summed E-state index contributed by atoms with van der Waals surface area (Å²) in [6.07, 6.45) is 3.43. The van der Waals surface area contributed by atoms with Gasteiger partial charge in [0.2, 0.25) is 6.41 Å². The van der Waals surface area contributed by atoms with Gasteiger partial charge in [-0.25, -0.2) is 0 Å². The van der Waals surface area contributed by atoms with Gasteiger partial charge in [-0.3, -0.25) is 14.5 Å². The van der Waals surface area contributed by atoms with Gasteiger partial charge in [-0.05, 0) is 25.0 Å². The van der Waals surface area contributed by atoms with Crippen molar-refractivity contribution in [3.05, 3.63) is 53.7 Å². The minimum atomic E-state index is -0.271. The molecule has 0 saturated heterocycles. The van der Waals surface area contributed by atoms with Crippen LogP contribution in [0.3, 0.4) is 0 Å². The molecule has 0 bridgehead atoms. The first kappa shape index (κ1) is 19.7. The zero-order chi connectivity index (χ0) is 18.3. The highest BCUT2D eigenvalue weighted by molar-refractivity contribution is 6.09. The molecule has 1 heterocycles. The van der Waals surface area contributed by atoms with E-state index in [0.29, 0.717) is 23.4 Å². The number of carbonyl (C=O) groups is 2. The monoisotopic (exact) mass is 328 g/mol. The summed E-state index contributed by atoms with van der Waals surface area (Å²) in [6, 6.07) is 5.38. The Labute approximate surface area is 145 Å². The Hall–Kier alpha value is -2.36. The van der Waals surface area contributed by atoms with E-state index in [0.717, 1.165) is 24.0 Å². The molecule has 1 aromatic rings. The Bertz CT molecular complexity index is 635. The van der Waals surface area contributed by atoms with E-state index < -0.39 is 0 Å². The van der Waals surface area contributed by atoms with Gasteiger partial charge in [-0.15, -0.1) is 0 Å². The van der Waals surface area contributed by atoms with Crippen LogP contribution in [0.25, 0.3) is 5.70 Å². The number of nitrogens with zero attached hydrogens (tertiary/aromatic N) is 1. The van der Waals surface area contributed by atoms with Crippen molar-refractivity contribution in [2.24, 2.45) is 0 Å². The Morgan fingerprint density at radius 2 is 1.96 bits per heavy atom. The molecule has 1 aliphatic rings. The third kappa shape index (κ3) is 3.94. The predicted octanol–water partition coefficient (Wildman–Crippen LogP) is 4.27. The summed E-state index contributed by atoms with van der Waals surface area (Å²) >= 11 is 0. The van der Waals surface area contributed by atoms with Gasteiger partial charge in [-0.1, -0.05) is 58.9 Å². The van der Waals surface area contributed by atoms with Crippen molar-refractivity contribution in [2.45, 2.75) is 53.0 Å². The van der Waals surface area contributed by atoms with Crippen LogP contribution in [0.5, 0.6) is 0 Å². The molecule has 0 radical (unpaired) electrons. The summed E-state index contributed by atoms with van der Waals surface area (Å²) in [5, 5.41) is 2.58. The molecule has 1 aliphatic heterocycles. The number of aryl methyl sites for hydroxylation is 1. The molecule has 4 heteroatoms. The fourth-order valence-electron chi connectivity index (χ4n) is 2.84. The molecule has 0 fully saturated rings. The maximum absolute atomic E-state index is 12.7. The number of hydrogen-bond donors (Lipinski definition) is 1. The second-order valence-electron chi connectivity index (χ2n) is 5.92. The van der Waals surface area contributed by atoms with Crippen LogP contribution in [0.2, 0.25) is 0 Å². The van der Waals surface area contributed by atoms with E-state index in [1.807, 2.05) is 32.0 Å². The summed E-state index contributed by atoms with van der Waals surface area (Å²) in [6.45, 7) is 16.2. The second kappa shape index (κ2) is 9.06. The van der Waals surface area contributed by atoms with Gasteiger partial charge in [0.05, 0.1) is 6.04 Å². The van der Waals surface area contributed by atoms with E-state index >= 15 is 0 Å². The smallest absolute Gasteiger partial charge is 0.259 e. The molecule has 0 saturated carbocycles. The van der Waals surface area contributed by atoms with Crippen LogP contribution in [0.4, 0.5) is 0 Å². The van der Waals surface area contributed by atoms with Crippen molar-refractivity contribution in [1.29, 1.82) is 0 Å². The molecule has 24 heavy (non-hydrogen) atoms. The highest BCUT2D eigenvalue weighted by Crippen LogP contribution is 2.37. The second-order valence-corrected chi connectivity index (χ2v) is 5.92. The number of hydrogen-bond acceptors (Lipinski definition) is 2. The minimum absolute atomic E-state index is 0.0778. The fourth-order valence-corrected chi connectivity index (χ4v) is 2.84. The van der Waals surface area contributed by atoms with Crippen LogP contribution in [0.15, 0.2) is 37.1 Å². The van der Waals surface area contributed by atoms with Crippen LogP contribution in [0.1, 0.15) is 61.5 Å². The molecule has 4 nitrogen and oxygen atoms in total. The topological polar surface area (TPSA) is 49.4 Å². The number of benzene rings is 1. The Morgan fingerprint density at radius 3 is 2.46 bits per heavy atom. The number of amides is 2. The molecule has 1 aromatic carbocycles. The Kier molecular flexibility index (Phi) is 7.43. The van der Waals surface area contributed by atoms with E-state index in [-0.39, 0.29) is 11.9 Å². The molecular formula is C20H28N2O2. The quantitative estimate of drug-likeness (QED) is 0.793. The van der Waals surface area contributed by atoms with E-state index in [9.17, 15) is 9.59 Å². The van der Waals surface area contributed by atoms with Gasteiger partial charge in [0.1, 0.15) is 0 Å². The average Bonchev–Trinajstić information content (AvgIpc) is 2.79. The van der Waals surface area contributed by atoms with E-state index in [4.69, 9.17) is 0 Å². The number of fused-ring (bicyclic) bond motifs is 1. The zero-order valence-corrected chi connectivity index (χ0v) is 15.2. The largest absolute Gasteiger partial charge is 0.331 e. The molecule has 0 spiro atoms. The summed E-state index contributed by atoms with van der Waals surface area (Å²) < 4.78 is 0. The highest BCUT2D eigenvalue weighted by atomic mass is 16.2. The molecule has 1 atom stereocenters. The fraction of sp³-hybridized carbons (Fsp3) is 0.400. The maximum atomic E-state index is 12.7. The first-order valence-corrected chi connectivity index (χ1v) is 8.45. The van der Waals surface area contributed by atoms with Crippen LogP contribution < -0.4 is 5.32 Å². The van der Waals surface area contributed by atoms with Crippen molar-refractivity contribution < 1.29 is 9.59 Å². The van der Waals surface area contributed by atoms with Crippen molar-refractivity contribution in [3.63, 3.8) is 0 Å². The van der Waals surface area contributed by atoms with Crippen LogP contribution in [0, 0.1) is 6.92 Å². The third-order valence-corrected chi connectivity index (χ3v) is 3.82. The third-order valence-electron chi connectivity index (χ3n) is 3.82. The lowest BCUT2D eigenvalue weighted by atomic mass is 10.0.